The van der Waals surface area contributed by atoms with E-state index in [-0.39, 0.29) is 5.91 Å². The summed E-state index contributed by atoms with van der Waals surface area (Å²) in [6, 6.07) is 0. The third kappa shape index (κ3) is 3.23. The zero-order valence-electron chi connectivity index (χ0n) is 11.6. The van der Waals surface area contributed by atoms with E-state index >= 15 is 0 Å². The summed E-state index contributed by atoms with van der Waals surface area (Å²) in [6.07, 6.45) is 6.31. The Balaban J connectivity index is 1.74. The van der Waals surface area contributed by atoms with E-state index in [2.05, 4.69) is 17.1 Å². The zero-order valence-corrected chi connectivity index (χ0v) is 11.6. The maximum atomic E-state index is 12.2. The summed E-state index contributed by atoms with van der Waals surface area (Å²) in [5, 5.41) is 3.09. The van der Waals surface area contributed by atoms with Gasteiger partial charge in [0.05, 0.1) is 5.54 Å². The van der Waals surface area contributed by atoms with Crippen molar-refractivity contribution in [3.63, 3.8) is 0 Å². The van der Waals surface area contributed by atoms with E-state index < -0.39 is 5.54 Å². The van der Waals surface area contributed by atoms with Crippen LogP contribution in [0.15, 0.2) is 0 Å². The summed E-state index contributed by atoms with van der Waals surface area (Å²) < 4.78 is 0. The summed E-state index contributed by atoms with van der Waals surface area (Å²) in [5.41, 5.74) is 5.64. The lowest BCUT2D eigenvalue weighted by Gasteiger charge is -2.32. The predicted molar refractivity (Wildman–Crippen MR) is 73.2 cm³/mol. The molecule has 3 N–H and O–H groups in total. The lowest BCUT2D eigenvalue weighted by molar-refractivity contribution is -0.127. The van der Waals surface area contributed by atoms with Crippen molar-refractivity contribution in [1.29, 1.82) is 0 Å². The molecule has 4 nitrogen and oxygen atoms in total. The molecule has 104 valence electrons. The Hall–Kier alpha value is -0.610. The fraction of sp³-hybridized carbons (Fsp3) is 0.929. The van der Waals surface area contributed by atoms with Crippen LogP contribution in [0.25, 0.3) is 0 Å². The number of carbonyl (C=O) groups excluding carboxylic acids is 1. The normalized spacial score (nSPS) is 28.2. The van der Waals surface area contributed by atoms with Crippen LogP contribution in [0.1, 0.15) is 45.4 Å². The molecule has 1 aliphatic carbocycles. The van der Waals surface area contributed by atoms with E-state index in [1.807, 2.05) is 0 Å². The molecule has 1 saturated carbocycles. The van der Waals surface area contributed by atoms with Gasteiger partial charge in [0.15, 0.2) is 0 Å². The average molecular weight is 253 g/mol. The van der Waals surface area contributed by atoms with Crippen molar-refractivity contribution in [3.8, 4) is 0 Å². The van der Waals surface area contributed by atoms with Gasteiger partial charge in [0.1, 0.15) is 0 Å². The summed E-state index contributed by atoms with van der Waals surface area (Å²) in [6.45, 7) is 6.40. The van der Waals surface area contributed by atoms with Crippen molar-refractivity contribution in [2.45, 2.75) is 51.0 Å². The molecule has 0 spiro atoms. The molecule has 0 aromatic heterocycles. The standard InChI is InChI=1S/C14H27N3O/c1-2-17-9-6-12(11-17)10-16-13(18)14(15)7-4-3-5-8-14/h12H,2-11,15H2,1H3,(H,16,18). The first-order chi connectivity index (χ1) is 8.64. The largest absolute Gasteiger partial charge is 0.354 e. The molecule has 1 amide bonds. The number of nitrogens with two attached hydrogens (primary N) is 1. The quantitative estimate of drug-likeness (QED) is 0.789. The first-order valence-corrected chi connectivity index (χ1v) is 7.43. The van der Waals surface area contributed by atoms with Crippen LogP contribution in [0.4, 0.5) is 0 Å². The minimum absolute atomic E-state index is 0.0807. The van der Waals surface area contributed by atoms with Crippen molar-refractivity contribution in [2.75, 3.05) is 26.2 Å². The first kappa shape index (κ1) is 13.8. The fourth-order valence-corrected chi connectivity index (χ4v) is 3.19. The molecule has 1 saturated heterocycles. The molecule has 0 aromatic carbocycles. The van der Waals surface area contributed by atoms with Gasteiger partial charge in [-0.3, -0.25) is 4.79 Å². The van der Waals surface area contributed by atoms with Gasteiger partial charge < -0.3 is 16.0 Å². The van der Waals surface area contributed by atoms with Gasteiger partial charge in [-0.1, -0.05) is 26.2 Å². The van der Waals surface area contributed by atoms with Gasteiger partial charge >= 0.3 is 0 Å². The summed E-state index contributed by atoms with van der Waals surface area (Å²) in [7, 11) is 0. The van der Waals surface area contributed by atoms with Crippen LogP contribution >= 0.6 is 0 Å². The van der Waals surface area contributed by atoms with E-state index in [9.17, 15) is 4.79 Å². The van der Waals surface area contributed by atoms with Crippen LogP contribution < -0.4 is 11.1 Å². The predicted octanol–water partition coefficient (Wildman–Crippen LogP) is 1.11. The lowest BCUT2D eigenvalue weighted by atomic mass is 9.82. The van der Waals surface area contributed by atoms with Crippen LogP contribution in [0.3, 0.4) is 0 Å². The topological polar surface area (TPSA) is 58.4 Å². The fourth-order valence-electron chi connectivity index (χ4n) is 3.19. The van der Waals surface area contributed by atoms with Gasteiger partial charge in [0, 0.05) is 13.1 Å². The number of hydrogen-bond acceptors (Lipinski definition) is 3. The smallest absolute Gasteiger partial charge is 0.240 e. The highest BCUT2D eigenvalue weighted by Crippen LogP contribution is 2.26. The van der Waals surface area contributed by atoms with Crippen molar-refractivity contribution >= 4 is 5.91 Å². The van der Waals surface area contributed by atoms with E-state index in [4.69, 9.17) is 5.73 Å². The van der Waals surface area contributed by atoms with Gasteiger partial charge in [0.2, 0.25) is 5.91 Å². The van der Waals surface area contributed by atoms with Gasteiger partial charge in [-0.15, -0.1) is 0 Å². The van der Waals surface area contributed by atoms with E-state index in [1.165, 1.54) is 19.4 Å². The summed E-state index contributed by atoms with van der Waals surface area (Å²) in [4.78, 5) is 14.6. The molecule has 4 heteroatoms. The highest BCUT2D eigenvalue weighted by Gasteiger charge is 2.35. The van der Waals surface area contributed by atoms with E-state index in [1.54, 1.807) is 0 Å². The molecule has 1 atom stereocenters. The molecule has 1 unspecified atom stereocenters. The van der Waals surface area contributed by atoms with Gasteiger partial charge in [-0.25, -0.2) is 0 Å². The van der Waals surface area contributed by atoms with Crippen LogP contribution in [-0.2, 0) is 4.79 Å². The van der Waals surface area contributed by atoms with Crippen molar-refractivity contribution < 1.29 is 4.79 Å². The van der Waals surface area contributed by atoms with Crippen LogP contribution in [-0.4, -0.2) is 42.5 Å². The lowest BCUT2D eigenvalue weighted by Crippen LogP contribution is -2.55. The Labute approximate surface area is 110 Å². The average Bonchev–Trinajstić information content (AvgIpc) is 2.84. The Morgan fingerprint density at radius 2 is 2.11 bits per heavy atom. The van der Waals surface area contributed by atoms with Crippen LogP contribution in [0, 0.1) is 5.92 Å². The number of nitrogens with zero attached hydrogens (tertiary/aromatic N) is 1. The maximum absolute atomic E-state index is 12.2. The third-order valence-corrected chi connectivity index (χ3v) is 4.57. The molecule has 0 radical (unpaired) electrons. The Morgan fingerprint density at radius 3 is 2.72 bits per heavy atom. The minimum Gasteiger partial charge on any atom is -0.354 e. The molecule has 2 fully saturated rings. The Kier molecular flexibility index (Phi) is 4.62. The summed E-state index contributed by atoms with van der Waals surface area (Å²) in [5.74, 6) is 0.693. The number of nitrogens with one attached hydrogen (secondary N) is 1. The second kappa shape index (κ2) is 6.02. The first-order valence-electron chi connectivity index (χ1n) is 7.43. The molecule has 2 aliphatic rings. The minimum atomic E-state index is -0.582. The van der Waals surface area contributed by atoms with E-state index in [0.717, 1.165) is 45.3 Å². The number of carbonyl (C=O) groups is 1. The molecule has 1 aliphatic heterocycles. The molecule has 1 heterocycles. The van der Waals surface area contributed by atoms with Crippen molar-refractivity contribution in [1.82, 2.24) is 10.2 Å². The number of hydrogen-bond donors (Lipinski definition) is 2. The SMILES string of the molecule is CCN1CCC(CNC(=O)C2(N)CCCCC2)C1. The van der Waals surface area contributed by atoms with Crippen LogP contribution in [0.2, 0.25) is 0 Å². The van der Waals surface area contributed by atoms with Crippen molar-refractivity contribution in [2.24, 2.45) is 11.7 Å². The van der Waals surface area contributed by atoms with Crippen LogP contribution in [0.5, 0.6) is 0 Å². The molecular weight excluding hydrogens is 226 g/mol. The third-order valence-electron chi connectivity index (χ3n) is 4.57. The van der Waals surface area contributed by atoms with E-state index in [0.29, 0.717) is 5.92 Å². The monoisotopic (exact) mass is 253 g/mol. The highest BCUT2D eigenvalue weighted by molar-refractivity contribution is 5.86. The second-order valence-corrected chi connectivity index (χ2v) is 5.97. The van der Waals surface area contributed by atoms with Gasteiger partial charge in [0.25, 0.3) is 0 Å². The van der Waals surface area contributed by atoms with Gasteiger partial charge in [-0.05, 0) is 38.3 Å². The Bertz CT molecular complexity index is 287. The van der Waals surface area contributed by atoms with Crippen molar-refractivity contribution in [3.05, 3.63) is 0 Å². The Morgan fingerprint density at radius 1 is 1.39 bits per heavy atom. The molecule has 2 rings (SSSR count). The molecule has 18 heavy (non-hydrogen) atoms. The molecule has 0 aromatic rings. The second-order valence-electron chi connectivity index (χ2n) is 5.97. The zero-order chi connectivity index (χ0) is 13.0. The summed E-state index contributed by atoms with van der Waals surface area (Å²) >= 11 is 0. The molecule has 0 bridgehead atoms. The van der Waals surface area contributed by atoms with Gasteiger partial charge in [-0.2, -0.15) is 0 Å². The number of rotatable bonds is 4. The molecular formula is C14H27N3O. The number of amides is 1. The number of likely N-dealkylation sites (tertiary alicyclic amines) is 1. The maximum Gasteiger partial charge on any atom is 0.240 e. The highest BCUT2D eigenvalue weighted by atomic mass is 16.2.